The van der Waals surface area contributed by atoms with Gasteiger partial charge in [-0.25, -0.2) is 4.79 Å². The Balaban J connectivity index is 2.49. The van der Waals surface area contributed by atoms with Gasteiger partial charge in [0.05, 0.1) is 6.42 Å². The molecule has 116 valence electrons. The maximum atomic E-state index is 12.1. The van der Waals surface area contributed by atoms with Gasteiger partial charge in [0.25, 0.3) is 0 Å². The first-order valence-corrected chi connectivity index (χ1v) is 7.64. The molecule has 5 nitrogen and oxygen atoms in total. The number of carboxylic acid groups (broad SMARTS) is 1. The smallest absolute Gasteiger partial charge is 0.315 e. The lowest BCUT2D eigenvalue weighted by Gasteiger charge is -2.39. The van der Waals surface area contributed by atoms with Crippen molar-refractivity contribution in [2.24, 2.45) is 5.41 Å². The van der Waals surface area contributed by atoms with E-state index >= 15 is 0 Å². The number of urea groups is 1. The van der Waals surface area contributed by atoms with Gasteiger partial charge in [-0.2, -0.15) is 0 Å². The molecule has 1 saturated carbocycles. The minimum Gasteiger partial charge on any atom is -0.481 e. The van der Waals surface area contributed by atoms with Crippen molar-refractivity contribution >= 4 is 12.0 Å². The normalized spacial score (nSPS) is 22.9. The fourth-order valence-corrected chi connectivity index (χ4v) is 2.93. The van der Waals surface area contributed by atoms with Gasteiger partial charge in [-0.1, -0.05) is 40.0 Å². The number of nitrogens with one attached hydrogen (secondary N) is 2. The zero-order valence-electron chi connectivity index (χ0n) is 12.9. The first-order valence-electron chi connectivity index (χ1n) is 7.64. The predicted molar refractivity (Wildman–Crippen MR) is 78.7 cm³/mol. The highest BCUT2D eigenvalue weighted by molar-refractivity contribution is 5.76. The number of carboxylic acids is 1. The number of rotatable bonds is 6. The third-order valence-electron chi connectivity index (χ3n) is 4.21. The molecular weight excluding hydrogens is 256 g/mol. The molecular formula is C15H28N2O3. The van der Waals surface area contributed by atoms with Crippen molar-refractivity contribution in [1.82, 2.24) is 10.6 Å². The monoisotopic (exact) mass is 284 g/mol. The number of hydrogen-bond donors (Lipinski definition) is 3. The Labute approximate surface area is 121 Å². The quantitative estimate of drug-likeness (QED) is 0.701. The Kier molecular flexibility index (Phi) is 6.30. The highest BCUT2D eigenvalue weighted by Crippen LogP contribution is 2.35. The zero-order chi connectivity index (χ0) is 15.2. The predicted octanol–water partition coefficient (Wildman–Crippen LogP) is 2.90. The van der Waals surface area contributed by atoms with E-state index in [-0.39, 0.29) is 30.0 Å². The topological polar surface area (TPSA) is 78.4 Å². The van der Waals surface area contributed by atoms with Crippen molar-refractivity contribution in [3.8, 4) is 0 Å². The van der Waals surface area contributed by atoms with Gasteiger partial charge in [0, 0.05) is 12.1 Å². The van der Waals surface area contributed by atoms with Crippen LogP contribution in [-0.4, -0.2) is 29.2 Å². The Morgan fingerprint density at radius 3 is 2.60 bits per heavy atom. The van der Waals surface area contributed by atoms with E-state index in [1.54, 1.807) is 0 Å². The van der Waals surface area contributed by atoms with Gasteiger partial charge in [0.1, 0.15) is 0 Å². The molecule has 2 amide bonds. The number of amides is 2. The van der Waals surface area contributed by atoms with E-state index in [0.717, 1.165) is 25.7 Å². The Morgan fingerprint density at radius 2 is 2.05 bits per heavy atom. The third kappa shape index (κ3) is 5.39. The Morgan fingerprint density at radius 1 is 1.35 bits per heavy atom. The summed E-state index contributed by atoms with van der Waals surface area (Å²) in [4.78, 5) is 22.8. The van der Waals surface area contributed by atoms with Crippen LogP contribution in [0.5, 0.6) is 0 Å². The summed E-state index contributed by atoms with van der Waals surface area (Å²) in [6.45, 7) is 6.34. The molecule has 0 spiro atoms. The second-order valence-corrected chi connectivity index (χ2v) is 6.49. The van der Waals surface area contributed by atoms with Crippen LogP contribution in [0, 0.1) is 5.41 Å². The van der Waals surface area contributed by atoms with Crippen LogP contribution >= 0.6 is 0 Å². The van der Waals surface area contributed by atoms with Crippen molar-refractivity contribution in [3.63, 3.8) is 0 Å². The minimum atomic E-state index is -0.873. The molecule has 0 saturated heterocycles. The fraction of sp³-hybridized carbons (Fsp3) is 0.867. The van der Waals surface area contributed by atoms with E-state index < -0.39 is 5.97 Å². The largest absolute Gasteiger partial charge is 0.481 e. The molecule has 0 aromatic rings. The third-order valence-corrected chi connectivity index (χ3v) is 4.21. The van der Waals surface area contributed by atoms with Crippen molar-refractivity contribution < 1.29 is 14.7 Å². The number of aliphatic carboxylic acids is 1. The molecule has 0 aromatic heterocycles. The lowest BCUT2D eigenvalue weighted by Crippen LogP contribution is -2.52. The molecule has 1 fully saturated rings. The van der Waals surface area contributed by atoms with E-state index in [1.807, 2.05) is 6.92 Å². The fourth-order valence-electron chi connectivity index (χ4n) is 2.93. The van der Waals surface area contributed by atoms with Crippen LogP contribution in [0.25, 0.3) is 0 Å². The summed E-state index contributed by atoms with van der Waals surface area (Å²) in [5.74, 6) is -0.873. The average Bonchev–Trinajstić information content (AvgIpc) is 2.31. The molecule has 0 radical (unpaired) electrons. The van der Waals surface area contributed by atoms with Crippen LogP contribution in [-0.2, 0) is 4.79 Å². The molecule has 2 unspecified atom stereocenters. The van der Waals surface area contributed by atoms with E-state index in [1.165, 1.54) is 6.42 Å². The van der Waals surface area contributed by atoms with Crippen LogP contribution < -0.4 is 10.6 Å². The molecule has 3 N–H and O–H groups in total. The summed E-state index contributed by atoms with van der Waals surface area (Å²) < 4.78 is 0. The van der Waals surface area contributed by atoms with Crippen LogP contribution in [0.15, 0.2) is 0 Å². The first kappa shape index (κ1) is 16.8. The molecule has 0 heterocycles. The van der Waals surface area contributed by atoms with Gasteiger partial charge < -0.3 is 15.7 Å². The van der Waals surface area contributed by atoms with E-state index in [4.69, 9.17) is 5.11 Å². The zero-order valence-corrected chi connectivity index (χ0v) is 12.9. The van der Waals surface area contributed by atoms with Crippen molar-refractivity contribution in [2.75, 3.05) is 0 Å². The van der Waals surface area contributed by atoms with Crippen molar-refractivity contribution in [1.29, 1.82) is 0 Å². The van der Waals surface area contributed by atoms with Crippen molar-refractivity contribution in [3.05, 3.63) is 0 Å². The molecule has 1 rings (SSSR count). The molecule has 0 bridgehead atoms. The van der Waals surface area contributed by atoms with E-state index in [2.05, 4.69) is 24.5 Å². The highest BCUT2D eigenvalue weighted by atomic mass is 16.4. The lowest BCUT2D eigenvalue weighted by molar-refractivity contribution is -0.137. The number of carbonyl (C=O) groups excluding carboxylic acids is 1. The standard InChI is InChI=1S/C15H28N2O3/c1-4-7-11(10-13(18)19)16-14(20)17-12-8-5-6-9-15(12,2)3/h11-12H,4-10H2,1-3H3,(H,18,19)(H2,16,17,20). The molecule has 1 aliphatic rings. The summed E-state index contributed by atoms with van der Waals surface area (Å²) in [6, 6.07) is -0.350. The summed E-state index contributed by atoms with van der Waals surface area (Å²) in [7, 11) is 0. The van der Waals surface area contributed by atoms with E-state index in [0.29, 0.717) is 6.42 Å². The lowest BCUT2D eigenvalue weighted by atomic mass is 9.73. The molecule has 20 heavy (non-hydrogen) atoms. The Hall–Kier alpha value is -1.26. The van der Waals surface area contributed by atoms with Gasteiger partial charge >= 0.3 is 12.0 Å². The summed E-state index contributed by atoms with van der Waals surface area (Å²) in [6.07, 6.45) is 5.99. The van der Waals surface area contributed by atoms with Gasteiger partial charge in [0.15, 0.2) is 0 Å². The van der Waals surface area contributed by atoms with Crippen LogP contribution in [0.4, 0.5) is 4.79 Å². The summed E-state index contributed by atoms with van der Waals surface area (Å²) in [5.41, 5.74) is 0.114. The van der Waals surface area contributed by atoms with Gasteiger partial charge in [0.2, 0.25) is 0 Å². The molecule has 0 aromatic carbocycles. The van der Waals surface area contributed by atoms with Crippen molar-refractivity contribution in [2.45, 2.75) is 77.8 Å². The second kappa shape index (κ2) is 7.50. The maximum Gasteiger partial charge on any atom is 0.315 e. The summed E-state index contributed by atoms with van der Waals surface area (Å²) in [5, 5.41) is 14.7. The SMILES string of the molecule is CCCC(CC(=O)O)NC(=O)NC1CCCCC1(C)C. The molecule has 2 atom stereocenters. The second-order valence-electron chi connectivity index (χ2n) is 6.49. The van der Waals surface area contributed by atoms with Crippen LogP contribution in [0.1, 0.15) is 65.7 Å². The molecule has 5 heteroatoms. The van der Waals surface area contributed by atoms with E-state index in [9.17, 15) is 9.59 Å². The highest BCUT2D eigenvalue weighted by Gasteiger charge is 2.33. The molecule has 0 aliphatic heterocycles. The summed E-state index contributed by atoms with van der Waals surface area (Å²) >= 11 is 0. The number of carbonyl (C=O) groups is 2. The minimum absolute atomic E-state index is 0.0185. The average molecular weight is 284 g/mol. The van der Waals surface area contributed by atoms with Gasteiger partial charge in [-0.05, 0) is 24.7 Å². The maximum absolute atomic E-state index is 12.1. The number of hydrogen-bond acceptors (Lipinski definition) is 2. The Bertz CT molecular complexity index is 342. The van der Waals surface area contributed by atoms with Crippen LogP contribution in [0.2, 0.25) is 0 Å². The van der Waals surface area contributed by atoms with Gasteiger partial charge in [-0.15, -0.1) is 0 Å². The molecule has 1 aliphatic carbocycles. The van der Waals surface area contributed by atoms with Crippen LogP contribution in [0.3, 0.4) is 0 Å². The van der Waals surface area contributed by atoms with Gasteiger partial charge in [-0.3, -0.25) is 4.79 Å². The first-order chi connectivity index (χ1) is 9.35.